The van der Waals surface area contributed by atoms with Crippen LogP contribution in [0.4, 0.5) is 11.4 Å². The summed E-state index contributed by atoms with van der Waals surface area (Å²) < 4.78 is 0. The molecule has 2 rings (SSSR count). The molecule has 2 aromatic rings. The molecular weight excluding hydrogens is 240 g/mol. The van der Waals surface area contributed by atoms with Crippen molar-refractivity contribution in [1.82, 2.24) is 10.2 Å². The van der Waals surface area contributed by atoms with Gasteiger partial charge in [-0.3, -0.25) is 4.79 Å². The van der Waals surface area contributed by atoms with Crippen LogP contribution >= 0.6 is 0 Å². The first-order valence-electron chi connectivity index (χ1n) is 5.94. The van der Waals surface area contributed by atoms with Gasteiger partial charge in [-0.25, -0.2) is 0 Å². The molecule has 1 aromatic heterocycles. The van der Waals surface area contributed by atoms with Crippen LogP contribution in [-0.2, 0) is 0 Å². The van der Waals surface area contributed by atoms with Crippen LogP contribution in [0.15, 0.2) is 30.3 Å². The average Bonchev–Trinajstić information content (AvgIpc) is 2.40. The molecular formula is C14H16N4O. The molecule has 0 aliphatic heterocycles. The Bertz CT molecular complexity index is 625. The van der Waals surface area contributed by atoms with Crippen LogP contribution in [0.5, 0.6) is 0 Å². The van der Waals surface area contributed by atoms with Crippen LogP contribution in [0.3, 0.4) is 0 Å². The highest BCUT2D eigenvalue weighted by Gasteiger charge is 2.18. The van der Waals surface area contributed by atoms with Gasteiger partial charge in [-0.15, -0.1) is 0 Å². The minimum absolute atomic E-state index is 0.145. The van der Waals surface area contributed by atoms with E-state index in [2.05, 4.69) is 10.2 Å². The van der Waals surface area contributed by atoms with E-state index in [9.17, 15) is 4.79 Å². The maximum absolute atomic E-state index is 12.5. The normalized spacial score (nSPS) is 10.3. The number of amides is 1. The number of aromatic nitrogens is 2. The maximum Gasteiger partial charge on any atom is 0.260 e. The van der Waals surface area contributed by atoms with Crippen molar-refractivity contribution in [2.75, 3.05) is 17.7 Å². The second-order valence-corrected chi connectivity index (χ2v) is 4.41. The van der Waals surface area contributed by atoms with Crippen LogP contribution in [0.2, 0.25) is 0 Å². The third-order valence-electron chi connectivity index (χ3n) is 2.93. The maximum atomic E-state index is 12.5. The number of benzene rings is 1. The van der Waals surface area contributed by atoms with Crippen LogP contribution in [-0.4, -0.2) is 23.2 Å². The zero-order valence-electron chi connectivity index (χ0n) is 11.2. The minimum atomic E-state index is -0.145. The summed E-state index contributed by atoms with van der Waals surface area (Å²) in [6.45, 7) is 3.57. The van der Waals surface area contributed by atoms with E-state index in [0.717, 1.165) is 0 Å². The van der Waals surface area contributed by atoms with Gasteiger partial charge in [-0.1, -0.05) is 12.1 Å². The lowest BCUT2D eigenvalue weighted by atomic mass is 10.1. The van der Waals surface area contributed by atoms with Gasteiger partial charge in [0, 0.05) is 7.05 Å². The van der Waals surface area contributed by atoms with Crippen molar-refractivity contribution in [2.24, 2.45) is 0 Å². The molecule has 1 aromatic carbocycles. The molecule has 0 unspecified atom stereocenters. The molecule has 5 heteroatoms. The van der Waals surface area contributed by atoms with E-state index < -0.39 is 0 Å². The Morgan fingerprint density at radius 2 is 1.89 bits per heavy atom. The summed E-state index contributed by atoms with van der Waals surface area (Å²) in [4.78, 5) is 14.0. The Balaban J connectivity index is 2.39. The Hall–Kier alpha value is -2.43. The zero-order valence-corrected chi connectivity index (χ0v) is 11.2. The number of hydrogen-bond acceptors (Lipinski definition) is 4. The molecule has 0 atom stereocenters. The molecule has 1 heterocycles. The summed E-state index contributed by atoms with van der Waals surface area (Å²) in [6, 6.07) is 8.99. The summed E-state index contributed by atoms with van der Waals surface area (Å²) in [6.07, 6.45) is 0. The molecule has 0 fully saturated rings. The topological polar surface area (TPSA) is 72.1 Å². The number of nitrogens with two attached hydrogens (primary N) is 1. The molecule has 0 radical (unpaired) electrons. The van der Waals surface area contributed by atoms with E-state index >= 15 is 0 Å². The van der Waals surface area contributed by atoms with Crippen molar-refractivity contribution in [3.05, 3.63) is 47.3 Å². The first kappa shape index (κ1) is 13.0. The third kappa shape index (κ3) is 2.54. The van der Waals surface area contributed by atoms with Crippen LogP contribution in [0, 0.1) is 13.8 Å². The molecule has 0 aliphatic rings. The molecule has 0 spiro atoms. The number of hydrogen-bond donors (Lipinski definition) is 1. The minimum Gasteiger partial charge on any atom is -0.397 e. The van der Waals surface area contributed by atoms with Crippen molar-refractivity contribution in [3.8, 4) is 0 Å². The van der Waals surface area contributed by atoms with Crippen molar-refractivity contribution in [1.29, 1.82) is 0 Å². The molecule has 98 valence electrons. The van der Waals surface area contributed by atoms with Gasteiger partial charge >= 0.3 is 0 Å². The summed E-state index contributed by atoms with van der Waals surface area (Å²) in [7, 11) is 1.70. The number of carbonyl (C=O) groups excluding carboxylic acids is 1. The van der Waals surface area contributed by atoms with E-state index in [1.807, 2.05) is 18.2 Å². The van der Waals surface area contributed by atoms with Gasteiger partial charge in [0.1, 0.15) is 0 Å². The average molecular weight is 256 g/mol. The Kier molecular flexibility index (Phi) is 3.46. The number of carbonyl (C=O) groups is 1. The van der Waals surface area contributed by atoms with E-state index in [-0.39, 0.29) is 5.91 Å². The van der Waals surface area contributed by atoms with Gasteiger partial charge in [0.25, 0.3) is 5.91 Å². The fourth-order valence-corrected chi connectivity index (χ4v) is 1.85. The fraction of sp³-hybridized carbons (Fsp3) is 0.214. The van der Waals surface area contributed by atoms with Crippen LogP contribution in [0.1, 0.15) is 21.7 Å². The highest BCUT2D eigenvalue weighted by Crippen LogP contribution is 2.23. The number of nitrogens with zero attached hydrogens (tertiary/aromatic N) is 3. The SMILES string of the molecule is Cc1cc(C(=O)N(C)c2ccccc2N)c(C)nn1. The largest absolute Gasteiger partial charge is 0.397 e. The first-order valence-corrected chi connectivity index (χ1v) is 5.94. The smallest absolute Gasteiger partial charge is 0.260 e. The fourth-order valence-electron chi connectivity index (χ4n) is 1.85. The number of anilines is 2. The van der Waals surface area contributed by atoms with Gasteiger partial charge < -0.3 is 10.6 Å². The Labute approximate surface area is 112 Å². The lowest BCUT2D eigenvalue weighted by molar-refractivity contribution is 0.0991. The number of para-hydroxylation sites is 2. The van der Waals surface area contributed by atoms with Gasteiger partial charge in [0.2, 0.25) is 0 Å². The standard InChI is InChI=1S/C14H16N4O/c1-9-8-11(10(2)17-16-9)14(19)18(3)13-7-5-4-6-12(13)15/h4-8H,15H2,1-3H3. The number of nitrogen functional groups attached to an aromatic ring is 1. The van der Waals surface area contributed by atoms with Crippen LogP contribution < -0.4 is 10.6 Å². The van der Waals surface area contributed by atoms with E-state index in [1.165, 1.54) is 4.90 Å². The monoisotopic (exact) mass is 256 g/mol. The van der Waals surface area contributed by atoms with Crippen molar-refractivity contribution < 1.29 is 4.79 Å². The summed E-state index contributed by atoms with van der Waals surface area (Å²) in [5.41, 5.74) is 8.99. The Morgan fingerprint density at radius 1 is 1.21 bits per heavy atom. The number of aryl methyl sites for hydroxylation is 2. The summed E-state index contributed by atoms with van der Waals surface area (Å²) in [5, 5.41) is 7.90. The second-order valence-electron chi connectivity index (χ2n) is 4.41. The van der Waals surface area contributed by atoms with Gasteiger partial charge in [0.05, 0.1) is 28.3 Å². The molecule has 1 amide bonds. The molecule has 19 heavy (non-hydrogen) atoms. The van der Waals surface area contributed by atoms with Crippen molar-refractivity contribution in [3.63, 3.8) is 0 Å². The second kappa shape index (κ2) is 5.06. The van der Waals surface area contributed by atoms with E-state index in [0.29, 0.717) is 28.3 Å². The molecule has 0 aliphatic carbocycles. The van der Waals surface area contributed by atoms with E-state index in [1.54, 1.807) is 33.0 Å². The predicted molar refractivity (Wildman–Crippen MR) is 75.1 cm³/mol. The first-order chi connectivity index (χ1) is 9.00. The highest BCUT2D eigenvalue weighted by molar-refractivity contribution is 6.07. The lowest BCUT2D eigenvalue weighted by Gasteiger charge is -2.19. The van der Waals surface area contributed by atoms with Gasteiger partial charge in [-0.05, 0) is 32.0 Å². The van der Waals surface area contributed by atoms with Gasteiger partial charge in [-0.2, -0.15) is 10.2 Å². The predicted octanol–water partition coefficient (Wildman–Crippen LogP) is 1.95. The third-order valence-corrected chi connectivity index (χ3v) is 2.93. The molecule has 0 saturated carbocycles. The van der Waals surface area contributed by atoms with Crippen LogP contribution in [0.25, 0.3) is 0 Å². The quantitative estimate of drug-likeness (QED) is 0.834. The molecule has 0 bridgehead atoms. The van der Waals surface area contributed by atoms with Gasteiger partial charge in [0.15, 0.2) is 0 Å². The Morgan fingerprint density at radius 3 is 2.58 bits per heavy atom. The summed E-state index contributed by atoms with van der Waals surface area (Å²) in [5.74, 6) is -0.145. The van der Waals surface area contributed by atoms with E-state index in [4.69, 9.17) is 5.73 Å². The number of rotatable bonds is 2. The molecule has 5 nitrogen and oxygen atoms in total. The highest BCUT2D eigenvalue weighted by atomic mass is 16.2. The summed E-state index contributed by atoms with van der Waals surface area (Å²) >= 11 is 0. The molecule has 0 saturated heterocycles. The molecule has 2 N–H and O–H groups in total. The zero-order chi connectivity index (χ0) is 14.0. The lowest BCUT2D eigenvalue weighted by Crippen LogP contribution is -2.28. The van der Waals surface area contributed by atoms with Crippen molar-refractivity contribution >= 4 is 17.3 Å². The van der Waals surface area contributed by atoms with Crippen molar-refractivity contribution in [2.45, 2.75) is 13.8 Å².